The molecule has 1 aliphatic heterocycles. The van der Waals surface area contributed by atoms with E-state index < -0.39 is 17.4 Å². The van der Waals surface area contributed by atoms with Crippen molar-refractivity contribution < 1.29 is 19.0 Å². The first kappa shape index (κ1) is 22.9. The summed E-state index contributed by atoms with van der Waals surface area (Å²) in [6.07, 6.45) is 1.70. The zero-order chi connectivity index (χ0) is 24.4. The van der Waals surface area contributed by atoms with Gasteiger partial charge in [-0.15, -0.1) is 11.3 Å². The monoisotopic (exact) mass is 475 g/mol. The van der Waals surface area contributed by atoms with Crippen LogP contribution in [0.5, 0.6) is 11.5 Å². The van der Waals surface area contributed by atoms with Gasteiger partial charge >= 0.3 is 5.97 Å². The maximum absolute atomic E-state index is 13.3. The van der Waals surface area contributed by atoms with Crippen LogP contribution in [-0.4, -0.2) is 31.9 Å². The molecule has 0 radical (unpaired) electrons. The van der Waals surface area contributed by atoms with Crippen molar-refractivity contribution in [1.29, 1.82) is 5.26 Å². The number of rotatable bonds is 5. The highest BCUT2D eigenvalue weighted by molar-refractivity contribution is 7.07. The number of carbonyl (C=O) groups excluding carboxylic acids is 1. The molecule has 0 spiro atoms. The number of fused-ring (bicyclic) bond motifs is 1. The van der Waals surface area contributed by atoms with Crippen LogP contribution < -0.4 is 30.0 Å². The highest BCUT2D eigenvalue weighted by Crippen LogP contribution is 2.37. The fourth-order valence-corrected chi connectivity index (χ4v) is 5.00. The zero-order valence-corrected chi connectivity index (χ0v) is 19.5. The number of benzene rings is 2. The summed E-state index contributed by atoms with van der Waals surface area (Å²) in [7, 11) is 4.38. The zero-order valence-electron chi connectivity index (χ0n) is 18.7. The van der Waals surface area contributed by atoms with Crippen LogP contribution in [-0.2, 0) is 9.53 Å². The van der Waals surface area contributed by atoms with Gasteiger partial charge in [0, 0.05) is 0 Å². The highest BCUT2D eigenvalue weighted by atomic mass is 32.1. The molecule has 172 valence electrons. The van der Waals surface area contributed by atoms with Crippen LogP contribution in [0.4, 0.5) is 0 Å². The van der Waals surface area contributed by atoms with E-state index in [1.54, 1.807) is 56.7 Å². The molecule has 1 aliphatic rings. The van der Waals surface area contributed by atoms with Gasteiger partial charge in [0.1, 0.15) is 22.0 Å². The van der Waals surface area contributed by atoms with E-state index in [-0.39, 0.29) is 17.0 Å². The number of allylic oxidation sites excluding steroid dienone is 1. The Morgan fingerprint density at radius 2 is 1.65 bits per heavy atom. The second kappa shape index (κ2) is 9.29. The Balaban J connectivity index is 2.03. The molecule has 1 unspecified atom stereocenters. The summed E-state index contributed by atoms with van der Waals surface area (Å²) >= 11 is 1.12. The lowest BCUT2D eigenvalue weighted by atomic mass is 9.84. The van der Waals surface area contributed by atoms with Gasteiger partial charge in [-0.05, 0) is 41.5 Å². The van der Waals surface area contributed by atoms with Gasteiger partial charge < -0.3 is 19.9 Å². The van der Waals surface area contributed by atoms with Gasteiger partial charge in [0.25, 0.3) is 5.56 Å². The largest absolute Gasteiger partial charge is 0.497 e. The Labute approximate surface area is 199 Å². The number of nitriles is 1. The maximum Gasteiger partial charge on any atom is 0.337 e. The van der Waals surface area contributed by atoms with Crippen molar-refractivity contribution in [2.75, 3.05) is 21.3 Å². The normalized spacial score (nSPS) is 15.5. The Morgan fingerprint density at radius 1 is 1.06 bits per heavy atom. The van der Waals surface area contributed by atoms with Crippen LogP contribution >= 0.6 is 11.3 Å². The Bertz CT molecular complexity index is 1510. The maximum atomic E-state index is 13.3. The molecular weight excluding hydrogens is 454 g/mol. The molecule has 9 heteroatoms. The summed E-state index contributed by atoms with van der Waals surface area (Å²) in [6.45, 7) is 0. The summed E-state index contributed by atoms with van der Waals surface area (Å²) in [5, 5.41) is 9.96. The summed E-state index contributed by atoms with van der Waals surface area (Å²) in [5.41, 5.74) is 7.60. The van der Waals surface area contributed by atoms with Crippen LogP contribution in [0, 0.1) is 11.3 Å². The van der Waals surface area contributed by atoms with Crippen molar-refractivity contribution in [3.8, 4) is 17.6 Å². The number of ether oxygens (including phenoxy) is 3. The minimum atomic E-state index is -0.796. The third kappa shape index (κ3) is 3.84. The van der Waals surface area contributed by atoms with Crippen molar-refractivity contribution >= 4 is 34.8 Å². The number of hydrogen-bond donors (Lipinski definition) is 1. The molecule has 0 fully saturated rings. The van der Waals surface area contributed by atoms with Crippen molar-refractivity contribution in [2.45, 2.75) is 5.92 Å². The molecule has 0 bridgehead atoms. The van der Waals surface area contributed by atoms with Crippen LogP contribution in [0.2, 0.25) is 0 Å². The average molecular weight is 476 g/mol. The van der Waals surface area contributed by atoms with E-state index in [1.807, 2.05) is 12.1 Å². The molecule has 0 saturated carbocycles. The number of methoxy groups -OCH3 is 3. The molecule has 1 aromatic heterocycles. The predicted molar refractivity (Wildman–Crippen MR) is 129 cm³/mol. The van der Waals surface area contributed by atoms with Gasteiger partial charge in [-0.3, -0.25) is 9.36 Å². The minimum absolute atomic E-state index is 0.0124. The SMILES string of the molecule is COC(=O)C1=c2sc(=Cc3ccc(OC)cc3)c(=O)n2C(N)=C(C#N)C1c1ccc(OC)cc1. The van der Waals surface area contributed by atoms with Crippen LogP contribution in [0.25, 0.3) is 17.5 Å². The number of aromatic nitrogens is 1. The third-order valence-electron chi connectivity index (χ3n) is 5.54. The van der Waals surface area contributed by atoms with Gasteiger partial charge in [-0.1, -0.05) is 24.3 Å². The van der Waals surface area contributed by atoms with Gasteiger partial charge in [-0.2, -0.15) is 5.26 Å². The molecule has 4 rings (SSSR count). The number of nitrogens with two attached hydrogens (primary N) is 1. The van der Waals surface area contributed by atoms with Crippen molar-refractivity contribution in [2.24, 2.45) is 5.73 Å². The number of thiazole rings is 1. The summed E-state index contributed by atoms with van der Waals surface area (Å²) in [6, 6.07) is 16.3. The molecular formula is C25H21N3O5S. The molecule has 2 heterocycles. The third-order valence-corrected chi connectivity index (χ3v) is 6.64. The first-order valence-corrected chi connectivity index (χ1v) is 11.0. The fourth-order valence-electron chi connectivity index (χ4n) is 3.84. The fraction of sp³-hybridized carbons (Fsp3) is 0.160. The summed E-state index contributed by atoms with van der Waals surface area (Å²) in [4.78, 5) is 26.3. The molecule has 0 amide bonds. The van der Waals surface area contributed by atoms with E-state index in [0.29, 0.717) is 26.3 Å². The minimum Gasteiger partial charge on any atom is -0.497 e. The summed E-state index contributed by atoms with van der Waals surface area (Å²) in [5.74, 6) is -0.142. The Hall–Kier alpha value is -4.29. The quantitative estimate of drug-likeness (QED) is 0.556. The molecule has 0 aliphatic carbocycles. The molecule has 2 N–H and O–H groups in total. The first-order valence-electron chi connectivity index (χ1n) is 10.2. The lowest BCUT2D eigenvalue weighted by molar-refractivity contribution is -0.134. The van der Waals surface area contributed by atoms with Crippen LogP contribution in [0.3, 0.4) is 0 Å². The van der Waals surface area contributed by atoms with E-state index in [2.05, 4.69) is 6.07 Å². The van der Waals surface area contributed by atoms with Crippen LogP contribution in [0.1, 0.15) is 17.0 Å². The molecule has 3 aromatic rings. The van der Waals surface area contributed by atoms with E-state index in [1.165, 1.54) is 11.7 Å². The van der Waals surface area contributed by atoms with E-state index >= 15 is 0 Å². The lowest BCUT2D eigenvalue weighted by Gasteiger charge is -2.24. The molecule has 0 saturated heterocycles. The Morgan fingerprint density at radius 3 is 2.18 bits per heavy atom. The van der Waals surface area contributed by atoms with Crippen LogP contribution in [0.15, 0.2) is 58.9 Å². The van der Waals surface area contributed by atoms with Gasteiger partial charge in [0.15, 0.2) is 0 Å². The smallest absolute Gasteiger partial charge is 0.337 e. The van der Waals surface area contributed by atoms with E-state index in [0.717, 1.165) is 16.9 Å². The molecule has 1 atom stereocenters. The molecule has 34 heavy (non-hydrogen) atoms. The number of hydrogen-bond acceptors (Lipinski definition) is 8. The topological polar surface area (TPSA) is 117 Å². The molecule has 8 nitrogen and oxygen atoms in total. The number of nitrogens with zero attached hydrogens (tertiary/aromatic N) is 2. The molecule has 2 aromatic carbocycles. The van der Waals surface area contributed by atoms with E-state index in [9.17, 15) is 14.9 Å². The van der Waals surface area contributed by atoms with Gasteiger partial charge in [0.05, 0.1) is 49.0 Å². The first-order chi connectivity index (χ1) is 16.4. The van der Waals surface area contributed by atoms with Crippen molar-refractivity contribution in [3.63, 3.8) is 0 Å². The number of carbonyl (C=O) groups is 1. The summed E-state index contributed by atoms with van der Waals surface area (Å²) < 4.78 is 17.4. The predicted octanol–water partition coefficient (Wildman–Crippen LogP) is 1.53. The Kier molecular flexibility index (Phi) is 6.25. The van der Waals surface area contributed by atoms with Gasteiger partial charge in [-0.25, -0.2) is 4.79 Å². The van der Waals surface area contributed by atoms with Crippen molar-refractivity contribution in [1.82, 2.24) is 4.57 Å². The second-order valence-electron chi connectivity index (χ2n) is 7.35. The second-order valence-corrected chi connectivity index (χ2v) is 8.38. The highest BCUT2D eigenvalue weighted by Gasteiger charge is 2.36. The van der Waals surface area contributed by atoms with Crippen molar-refractivity contribution in [3.05, 3.63) is 84.8 Å². The van der Waals surface area contributed by atoms with Gasteiger partial charge in [0.2, 0.25) is 0 Å². The lowest BCUT2D eigenvalue weighted by Crippen LogP contribution is -2.40. The standard InChI is InChI=1S/C25H21N3O5S/c1-31-16-8-4-14(5-9-16)12-19-23(29)28-22(27)18(13-26)20(15-6-10-17(32-2)11-7-15)21(24(28)34-19)25(30)33-3/h4-12,20H,27H2,1-3H3. The van der Waals surface area contributed by atoms with E-state index in [4.69, 9.17) is 19.9 Å². The average Bonchev–Trinajstić information content (AvgIpc) is 3.19. The number of esters is 1.